The highest BCUT2D eigenvalue weighted by molar-refractivity contribution is 7.89. The molecule has 0 aliphatic heterocycles. The molecule has 0 bridgehead atoms. The number of aryl methyl sites for hydroxylation is 1. The minimum Gasteiger partial charge on any atom is -0.508 e. The highest BCUT2D eigenvalue weighted by Crippen LogP contribution is 2.27. The molecule has 0 unspecified atom stereocenters. The normalized spacial score (nSPS) is 11.2. The second-order valence-electron chi connectivity index (χ2n) is 6.12. The molecule has 3 rings (SSSR count). The van der Waals surface area contributed by atoms with Crippen molar-refractivity contribution >= 4 is 15.9 Å². The second kappa shape index (κ2) is 7.41. The van der Waals surface area contributed by atoms with E-state index in [4.69, 9.17) is 5.84 Å². The number of carbonyl (C=O) groups excluding carboxylic acids is 1. The number of aromatic hydroxyl groups is 1. The molecular formula is C20H17FN2O4S. The zero-order valence-corrected chi connectivity index (χ0v) is 15.7. The van der Waals surface area contributed by atoms with Gasteiger partial charge in [-0.3, -0.25) is 4.79 Å². The van der Waals surface area contributed by atoms with Gasteiger partial charge in [-0.2, -0.15) is 12.8 Å². The van der Waals surface area contributed by atoms with Crippen molar-refractivity contribution in [3.63, 3.8) is 0 Å². The molecule has 3 aromatic carbocycles. The first kappa shape index (κ1) is 19.5. The minimum atomic E-state index is -4.48. The van der Waals surface area contributed by atoms with Gasteiger partial charge in [0.25, 0.3) is 15.9 Å². The van der Waals surface area contributed by atoms with Gasteiger partial charge in [-0.25, -0.2) is 10.2 Å². The van der Waals surface area contributed by atoms with Crippen LogP contribution in [0.5, 0.6) is 5.75 Å². The largest absolute Gasteiger partial charge is 0.508 e. The SMILES string of the molecule is Cc1cc(-c2ccccc2)cc(C(=O)N(N)S(=O)(=O)c2cccc(O)c2)c1F. The smallest absolute Gasteiger partial charge is 0.285 e. The Labute approximate surface area is 161 Å². The fourth-order valence-corrected chi connectivity index (χ4v) is 3.77. The Morgan fingerprint density at radius 3 is 2.32 bits per heavy atom. The summed E-state index contributed by atoms with van der Waals surface area (Å²) in [5.74, 6) is 3.18. The van der Waals surface area contributed by atoms with Crippen LogP contribution in [0.1, 0.15) is 15.9 Å². The number of carbonyl (C=O) groups is 1. The summed E-state index contributed by atoms with van der Waals surface area (Å²) in [5, 5.41) is 9.49. The third kappa shape index (κ3) is 3.60. The number of hydrazine groups is 1. The summed E-state index contributed by atoms with van der Waals surface area (Å²) in [6.07, 6.45) is 0. The Hall–Kier alpha value is -3.23. The lowest BCUT2D eigenvalue weighted by atomic mass is 9.99. The number of amides is 1. The molecule has 8 heteroatoms. The van der Waals surface area contributed by atoms with Crippen molar-refractivity contribution in [2.24, 2.45) is 5.84 Å². The zero-order chi connectivity index (χ0) is 20.5. The maximum Gasteiger partial charge on any atom is 0.285 e. The molecule has 0 fully saturated rings. The molecule has 28 heavy (non-hydrogen) atoms. The van der Waals surface area contributed by atoms with Gasteiger partial charge in [0.1, 0.15) is 11.6 Å². The van der Waals surface area contributed by atoms with Crippen LogP contribution in [-0.2, 0) is 10.0 Å². The molecule has 0 saturated carbocycles. The van der Waals surface area contributed by atoms with Crippen LogP contribution in [-0.4, -0.2) is 23.8 Å². The molecule has 144 valence electrons. The molecule has 0 atom stereocenters. The third-order valence-electron chi connectivity index (χ3n) is 4.17. The first-order valence-electron chi connectivity index (χ1n) is 8.21. The third-order valence-corrected chi connectivity index (χ3v) is 5.70. The highest BCUT2D eigenvalue weighted by Gasteiger charge is 2.30. The number of hydrogen-bond acceptors (Lipinski definition) is 5. The van der Waals surface area contributed by atoms with Gasteiger partial charge in [0.05, 0.1) is 10.5 Å². The molecule has 0 saturated heterocycles. The molecule has 1 amide bonds. The van der Waals surface area contributed by atoms with Crippen LogP contribution in [0, 0.1) is 12.7 Å². The molecule has 3 aromatic rings. The van der Waals surface area contributed by atoms with Crippen molar-refractivity contribution in [2.45, 2.75) is 11.8 Å². The van der Waals surface area contributed by atoms with Crippen LogP contribution in [0.25, 0.3) is 11.1 Å². The fraction of sp³-hybridized carbons (Fsp3) is 0.0500. The molecule has 3 N–H and O–H groups in total. The van der Waals surface area contributed by atoms with Crippen molar-refractivity contribution in [1.82, 2.24) is 4.41 Å². The number of benzene rings is 3. The molecule has 0 aliphatic carbocycles. The van der Waals surface area contributed by atoms with Crippen molar-refractivity contribution in [1.29, 1.82) is 0 Å². The van der Waals surface area contributed by atoms with Gasteiger partial charge in [-0.1, -0.05) is 36.4 Å². The van der Waals surface area contributed by atoms with Gasteiger partial charge >= 0.3 is 0 Å². The Morgan fingerprint density at radius 2 is 1.68 bits per heavy atom. The zero-order valence-electron chi connectivity index (χ0n) is 14.8. The maximum atomic E-state index is 14.6. The van der Waals surface area contributed by atoms with Crippen molar-refractivity contribution in [2.75, 3.05) is 0 Å². The number of phenols is 1. The van der Waals surface area contributed by atoms with E-state index in [-0.39, 0.29) is 20.6 Å². The Balaban J connectivity index is 2.05. The van der Waals surface area contributed by atoms with Gasteiger partial charge in [-0.15, -0.1) is 0 Å². The van der Waals surface area contributed by atoms with Gasteiger partial charge in [0, 0.05) is 6.07 Å². The predicted molar refractivity (Wildman–Crippen MR) is 102 cm³/mol. The highest BCUT2D eigenvalue weighted by atomic mass is 32.2. The Bertz CT molecular complexity index is 1150. The summed E-state index contributed by atoms with van der Waals surface area (Å²) < 4.78 is 39.8. The van der Waals surface area contributed by atoms with Crippen LogP contribution in [0.3, 0.4) is 0 Å². The maximum absolute atomic E-state index is 14.6. The van der Waals surface area contributed by atoms with E-state index in [2.05, 4.69) is 0 Å². The minimum absolute atomic E-state index is 0.0194. The number of phenolic OH excluding ortho intramolecular Hbond substituents is 1. The molecule has 0 aromatic heterocycles. The topological polar surface area (TPSA) is 101 Å². The van der Waals surface area contributed by atoms with Gasteiger partial charge in [0.15, 0.2) is 0 Å². The van der Waals surface area contributed by atoms with Gasteiger partial charge < -0.3 is 5.11 Å². The standard InChI is InChI=1S/C20H17FN2O4S/c1-13-10-15(14-6-3-2-4-7-14)11-18(19(13)21)20(25)23(22)28(26,27)17-9-5-8-16(24)12-17/h2-12,24H,22H2,1H3. The van der Waals surface area contributed by atoms with Crippen molar-refractivity contribution in [3.8, 4) is 16.9 Å². The molecule has 0 spiro atoms. The van der Waals surface area contributed by atoms with Gasteiger partial charge in [0.2, 0.25) is 0 Å². The number of halogens is 1. The fourth-order valence-electron chi connectivity index (χ4n) is 2.71. The van der Waals surface area contributed by atoms with E-state index in [0.29, 0.717) is 5.56 Å². The Morgan fingerprint density at radius 1 is 1.00 bits per heavy atom. The van der Waals surface area contributed by atoms with Crippen molar-refractivity contribution in [3.05, 3.63) is 83.7 Å². The number of nitrogens with two attached hydrogens (primary N) is 1. The quantitative estimate of drug-likeness (QED) is 0.398. The van der Waals surface area contributed by atoms with Crippen LogP contribution in [0.2, 0.25) is 0 Å². The molecule has 0 aliphatic rings. The van der Waals surface area contributed by atoms with E-state index >= 15 is 0 Å². The molecule has 0 radical (unpaired) electrons. The average Bonchev–Trinajstić information content (AvgIpc) is 2.69. The number of sulfonamides is 1. The van der Waals surface area contributed by atoms with E-state index in [1.54, 1.807) is 30.3 Å². The Kier molecular flexibility index (Phi) is 5.17. The number of hydrogen-bond donors (Lipinski definition) is 2. The van der Waals surface area contributed by atoms with E-state index in [1.165, 1.54) is 31.2 Å². The molecule has 0 heterocycles. The number of nitrogens with zero attached hydrogens (tertiary/aromatic N) is 1. The predicted octanol–water partition coefficient (Wildman–Crippen LogP) is 3.21. The van der Waals surface area contributed by atoms with Crippen LogP contribution in [0.4, 0.5) is 4.39 Å². The first-order chi connectivity index (χ1) is 13.2. The van der Waals surface area contributed by atoms with Crippen molar-refractivity contribution < 1.29 is 22.7 Å². The van der Waals surface area contributed by atoms with E-state index < -0.39 is 27.3 Å². The summed E-state index contributed by atoms with van der Waals surface area (Å²) in [7, 11) is -4.48. The van der Waals surface area contributed by atoms with E-state index in [9.17, 15) is 22.7 Å². The molecular weight excluding hydrogens is 383 g/mol. The van der Waals surface area contributed by atoms with E-state index in [0.717, 1.165) is 11.6 Å². The average molecular weight is 400 g/mol. The second-order valence-corrected chi connectivity index (χ2v) is 7.94. The van der Waals surface area contributed by atoms with Crippen LogP contribution < -0.4 is 5.84 Å². The van der Waals surface area contributed by atoms with E-state index in [1.807, 2.05) is 6.07 Å². The summed E-state index contributed by atoms with van der Waals surface area (Å²) >= 11 is 0. The summed E-state index contributed by atoms with van der Waals surface area (Å²) in [5.41, 5.74) is 0.989. The summed E-state index contributed by atoms with van der Waals surface area (Å²) in [4.78, 5) is 12.3. The lowest BCUT2D eigenvalue weighted by molar-refractivity contribution is 0.0856. The lowest BCUT2D eigenvalue weighted by Gasteiger charge is -2.18. The summed E-state index contributed by atoms with van der Waals surface area (Å²) in [6, 6.07) is 16.5. The first-order valence-corrected chi connectivity index (χ1v) is 9.65. The molecule has 6 nitrogen and oxygen atoms in total. The monoisotopic (exact) mass is 400 g/mol. The van der Waals surface area contributed by atoms with Crippen LogP contribution >= 0.6 is 0 Å². The van der Waals surface area contributed by atoms with Crippen LogP contribution in [0.15, 0.2) is 71.6 Å². The summed E-state index contributed by atoms with van der Waals surface area (Å²) in [6.45, 7) is 1.48. The van der Waals surface area contributed by atoms with Gasteiger partial charge in [-0.05, 0) is 47.9 Å². The number of rotatable bonds is 4. The lowest BCUT2D eigenvalue weighted by Crippen LogP contribution is -2.42.